The van der Waals surface area contributed by atoms with Crippen LogP contribution < -0.4 is 5.32 Å². The predicted octanol–water partition coefficient (Wildman–Crippen LogP) is 5.02. The van der Waals surface area contributed by atoms with E-state index in [1.165, 1.54) is 34.3 Å². The van der Waals surface area contributed by atoms with Gasteiger partial charge in [0.1, 0.15) is 0 Å². The van der Waals surface area contributed by atoms with E-state index >= 15 is 0 Å². The summed E-state index contributed by atoms with van der Waals surface area (Å²) in [5, 5.41) is 6.57. The van der Waals surface area contributed by atoms with Crippen molar-refractivity contribution < 1.29 is 0 Å². The van der Waals surface area contributed by atoms with Crippen LogP contribution in [0.5, 0.6) is 0 Å². The first-order valence-corrected chi connectivity index (χ1v) is 9.02. The smallest absolute Gasteiger partial charge is 0.0300 e. The lowest BCUT2D eigenvalue weighted by molar-refractivity contribution is 0.305. The molecule has 2 aromatic carbocycles. The molecular weight excluding hydrogens is 274 g/mol. The van der Waals surface area contributed by atoms with E-state index in [2.05, 4.69) is 80.3 Å². The summed E-state index contributed by atoms with van der Waals surface area (Å²) in [5.41, 5.74) is 1.88. The Bertz CT molecular complexity index is 614. The van der Waals surface area contributed by atoms with Crippen molar-refractivity contribution in [1.82, 2.24) is 5.32 Å². The van der Waals surface area contributed by atoms with E-state index in [9.17, 15) is 0 Å². The molecule has 0 amide bonds. The molecule has 1 fully saturated rings. The van der Waals surface area contributed by atoms with Crippen LogP contribution in [0.15, 0.2) is 42.5 Å². The molecule has 1 nitrogen and oxygen atoms in total. The van der Waals surface area contributed by atoms with Crippen molar-refractivity contribution in [2.24, 2.45) is 5.41 Å². The van der Waals surface area contributed by atoms with Crippen molar-refractivity contribution in [3.63, 3.8) is 0 Å². The van der Waals surface area contributed by atoms with Crippen molar-refractivity contribution in [1.29, 1.82) is 0 Å². The molecule has 0 saturated carbocycles. The van der Waals surface area contributed by atoms with Gasteiger partial charge in [-0.25, -0.2) is 0 Å². The summed E-state index contributed by atoms with van der Waals surface area (Å²) in [6.07, 6.45) is 1.27. The van der Waals surface area contributed by atoms with Gasteiger partial charge in [-0.1, -0.05) is 56.3 Å². The molecule has 3 rings (SSSR count). The van der Waals surface area contributed by atoms with E-state index in [1.54, 1.807) is 0 Å². The van der Waals surface area contributed by atoms with Crippen LogP contribution in [-0.2, 0) is 0 Å². The Morgan fingerprint density at radius 2 is 1.90 bits per heavy atom. The minimum Gasteiger partial charge on any atom is -0.307 e. The van der Waals surface area contributed by atoms with Crippen LogP contribution in [0.3, 0.4) is 0 Å². The number of nitrogens with one attached hydrogen (secondary N) is 1. The van der Waals surface area contributed by atoms with Crippen LogP contribution in [0.2, 0.25) is 0 Å². The molecule has 2 heteroatoms. The Balaban J connectivity index is 1.79. The lowest BCUT2D eigenvalue weighted by Crippen LogP contribution is -2.41. The lowest BCUT2D eigenvalue weighted by atomic mass is 9.87. The number of hydrogen-bond donors (Lipinski definition) is 1. The number of hydrogen-bond acceptors (Lipinski definition) is 2. The standard InChI is InChI=1S/C19H25NS/c1-14(20-16-11-19(2,3)13-21-12-16)17-10-6-8-15-7-4-5-9-18(15)17/h4-10,14,16,20H,11-13H2,1-3H3. The van der Waals surface area contributed by atoms with Crippen molar-refractivity contribution in [2.45, 2.75) is 39.3 Å². The zero-order valence-corrected chi connectivity index (χ0v) is 14.0. The summed E-state index contributed by atoms with van der Waals surface area (Å²) in [7, 11) is 0. The van der Waals surface area contributed by atoms with Crippen LogP contribution >= 0.6 is 11.8 Å². The molecule has 2 unspecified atom stereocenters. The first-order valence-electron chi connectivity index (χ1n) is 7.87. The van der Waals surface area contributed by atoms with Gasteiger partial charge in [-0.05, 0) is 40.8 Å². The minimum absolute atomic E-state index is 0.399. The van der Waals surface area contributed by atoms with Gasteiger partial charge in [-0.2, -0.15) is 11.8 Å². The lowest BCUT2D eigenvalue weighted by Gasteiger charge is -2.36. The van der Waals surface area contributed by atoms with Gasteiger partial charge in [-0.15, -0.1) is 0 Å². The fourth-order valence-electron chi connectivity index (χ4n) is 3.44. The Labute approximate surface area is 132 Å². The van der Waals surface area contributed by atoms with Gasteiger partial charge in [0.15, 0.2) is 0 Å². The number of rotatable bonds is 3. The van der Waals surface area contributed by atoms with Crippen LogP contribution in [0.25, 0.3) is 10.8 Å². The maximum absolute atomic E-state index is 3.86. The second-order valence-electron chi connectivity index (χ2n) is 7.04. The van der Waals surface area contributed by atoms with Crippen LogP contribution in [0, 0.1) is 5.41 Å². The summed E-state index contributed by atoms with van der Waals surface area (Å²) in [5.74, 6) is 2.52. The fraction of sp³-hybridized carbons (Fsp3) is 0.474. The van der Waals surface area contributed by atoms with Gasteiger partial charge < -0.3 is 5.32 Å². The van der Waals surface area contributed by atoms with Crippen LogP contribution in [0.4, 0.5) is 0 Å². The number of fused-ring (bicyclic) bond motifs is 1. The average Bonchev–Trinajstić information content (AvgIpc) is 2.45. The summed E-state index contributed by atoms with van der Waals surface area (Å²) in [4.78, 5) is 0. The molecule has 0 spiro atoms. The zero-order valence-electron chi connectivity index (χ0n) is 13.2. The molecule has 1 saturated heterocycles. The average molecular weight is 299 g/mol. The number of benzene rings is 2. The van der Waals surface area contributed by atoms with E-state index in [0.29, 0.717) is 17.5 Å². The van der Waals surface area contributed by atoms with Crippen molar-refractivity contribution >= 4 is 22.5 Å². The van der Waals surface area contributed by atoms with E-state index in [4.69, 9.17) is 0 Å². The summed E-state index contributed by atoms with van der Waals surface area (Å²) >= 11 is 2.09. The predicted molar refractivity (Wildman–Crippen MR) is 95.0 cm³/mol. The third kappa shape index (κ3) is 3.44. The Hall–Kier alpha value is -0.990. The van der Waals surface area contributed by atoms with E-state index in [0.717, 1.165) is 0 Å². The highest BCUT2D eigenvalue weighted by Gasteiger charge is 2.29. The highest BCUT2D eigenvalue weighted by atomic mass is 32.2. The molecule has 0 aromatic heterocycles. The second-order valence-corrected chi connectivity index (χ2v) is 8.07. The minimum atomic E-state index is 0.399. The van der Waals surface area contributed by atoms with Crippen LogP contribution in [0.1, 0.15) is 38.8 Å². The first kappa shape index (κ1) is 14.9. The van der Waals surface area contributed by atoms with Crippen LogP contribution in [-0.4, -0.2) is 17.5 Å². The van der Waals surface area contributed by atoms with Crippen molar-refractivity contribution in [3.05, 3.63) is 48.0 Å². The van der Waals surface area contributed by atoms with E-state index in [-0.39, 0.29) is 0 Å². The number of thioether (sulfide) groups is 1. The van der Waals surface area contributed by atoms with Gasteiger partial charge in [0, 0.05) is 17.8 Å². The van der Waals surface area contributed by atoms with Gasteiger partial charge in [0.25, 0.3) is 0 Å². The molecule has 1 N–H and O–H groups in total. The highest BCUT2D eigenvalue weighted by molar-refractivity contribution is 7.99. The molecule has 0 bridgehead atoms. The summed E-state index contributed by atoms with van der Waals surface area (Å²) < 4.78 is 0. The van der Waals surface area contributed by atoms with Gasteiger partial charge in [0.2, 0.25) is 0 Å². The Morgan fingerprint density at radius 3 is 2.71 bits per heavy atom. The zero-order chi connectivity index (χ0) is 14.9. The molecule has 1 heterocycles. The Morgan fingerprint density at radius 1 is 1.14 bits per heavy atom. The fourth-order valence-corrected chi connectivity index (χ4v) is 4.73. The SMILES string of the molecule is CC(NC1CSCC(C)(C)C1)c1cccc2ccccc12. The third-order valence-corrected chi connectivity index (χ3v) is 6.01. The summed E-state index contributed by atoms with van der Waals surface area (Å²) in [6.45, 7) is 7.07. The monoisotopic (exact) mass is 299 g/mol. The molecule has 21 heavy (non-hydrogen) atoms. The molecular formula is C19H25NS. The summed E-state index contributed by atoms with van der Waals surface area (Å²) in [6, 6.07) is 16.3. The quantitative estimate of drug-likeness (QED) is 0.854. The van der Waals surface area contributed by atoms with Gasteiger partial charge in [-0.3, -0.25) is 0 Å². The van der Waals surface area contributed by atoms with Gasteiger partial charge >= 0.3 is 0 Å². The normalized spacial score (nSPS) is 23.1. The van der Waals surface area contributed by atoms with Crippen molar-refractivity contribution in [3.8, 4) is 0 Å². The molecule has 1 aliphatic rings. The molecule has 2 atom stereocenters. The first-order chi connectivity index (χ1) is 10.1. The van der Waals surface area contributed by atoms with E-state index in [1.807, 2.05) is 0 Å². The van der Waals surface area contributed by atoms with E-state index < -0.39 is 0 Å². The second kappa shape index (κ2) is 6.02. The molecule has 0 aliphatic carbocycles. The maximum atomic E-state index is 3.86. The van der Waals surface area contributed by atoms with Crippen molar-refractivity contribution in [2.75, 3.05) is 11.5 Å². The maximum Gasteiger partial charge on any atom is 0.0300 e. The highest BCUT2D eigenvalue weighted by Crippen LogP contribution is 2.34. The largest absolute Gasteiger partial charge is 0.307 e. The Kier molecular flexibility index (Phi) is 4.28. The van der Waals surface area contributed by atoms with Gasteiger partial charge in [0.05, 0.1) is 0 Å². The molecule has 1 aliphatic heterocycles. The molecule has 112 valence electrons. The molecule has 0 radical (unpaired) electrons. The topological polar surface area (TPSA) is 12.0 Å². The third-order valence-electron chi connectivity index (χ3n) is 4.39. The molecule has 2 aromatic rings.